The van der Waals surface area contributed by atoms with Crippen molar-refractivity contribution in [3.8, 4) is 0 Å². The highest BCUT2D eigenvalue weighted by molar-refractivity contribution is 4.79. The van der Waals surface area contributed by atoms with Crippen LogP contribution in [0.1, 0.15) is 26.7 Å². The Morgan fingerprint density at radius 2 is 1.29 bits per heavy atom. The van der Waals surface area contributed by atoms with Crippen molar-refractivity contribution < 1.29 is 10.2 Å². The molecule has 4 heteroatoms. The van der Waals surface area contributed by atoms with E-state index in [0.29, 0.717) is 19.8 Å². The molecule has 0 aromatic rings. The molecule has 0 aromatic heterocycles. The molecule has 2 atom stereocenters. The lowest BCUT2D eigenvalue weighted by atomic mass is 10.2. The van der Waals surface area contributed by atoms with Crippen LogP contribution in [0.3, 0.4) is 0 Å². The third kappa shape index (κ3) is 7.02. The summed E-state index contributed by atoms with van der Waals surface area (Å²) < 4.78 is 0. The molecule has 4 nitrogen and oxygen atoms in total. The quantitative estimate of drug-likeness (QED) is 0.568. The molecule has 0 bridgehead atoms. The summed E-state index contributed by atoms with van der Waals surface area (Å²) in [5, 5.41) is 19.2. The Labute approximate surface area is 105 Å². The predicted molar refractivity (Wildman–Crippen MR) is 71.3 cm³/mol. The van der Waals surface area contributed by atoms with Crippen LogP contribution in [0, 0.1) is 0 Å². The van der Waals surface area contributed by atoms with E-state index in [9.17, 15) is 10.2 Å². The molecule has 0 rings (SSSR count). The average molecular weight is 242 g/mol. The highest BCUT2D eigenvalue weighted by atomic mass is 16.3. The molecule has 0 aliphatic rings. The van der Waals surface area contributed by atoms with E-state index in [1.54, 1.807) is 12.4 Å². The molecule has 0 aliphatic carbocycles. The van der Waals surface area contributed by atoms with E-state index in [1.165, 1.54) is 0 Å². The number of nitrogens with zero attached hydrogens (tertiary/aromatic N) is 2. The van der Waals surface area contributed by atoms with Gasteiger partial charge >= 0.3 is 0 Å². The summed E-state index contributed by atoms with van der Waals surface area (Å²) in [6.07, 6.45) is 4.14. The zero-order chi connectivity index (χ0) is 13.3. The fraction of sp³-hybridized carbons (Fsp3) is 0.692. The molecular formula is C13H26N2O2. The average Bonchev–Trinajstić information content (AvgIpc) is 2.36. The van der Waals surface area contributed by atoms with Gasteiger partial charge in [0.15, 0.2) is 0 Å². The van der Waals surface area contributed by atoms with Crippen LogP contribution < -0.4 is 0 Å². The van der Waals surface area contributed by atoms with E-state index >= 15 is 0 Å². The van der Waals surface area contributed by atoms with Gasteiger partial charge in [0.1, 0.15) is 0 Å². The molecule has 0 heterocycles. The van der Waals surface area contributed by atoms with Gasteiger partial charge in [0, 0.05) is 13.1 Å². The third-order valence-corrected chi connectivity index (χ3v) is 2.71. The highest BCUT2D eigenvalue weighted by Crippen LogP contribution is 2.02. The second-order valence-electron chi connectivity index (χ2n) is 4.17. The molecule has 2 unspecified atom stereocenters. The lowest BCUT2D eigenvalue weighted by Crippen LogP contribution is -2.39. The van der Waals surface area contributed by atoms with Gasteiger partial charge in [0.05, 0.1) is 18.9 Å². The molecular weight excluding hydrogens is 216 g/mol. The number of aliphatic hydroxyl groups excluding tert-OH is 2. The molecule has 0 fully saturated rings. The zero-order valence-electron chi connectivity index (χ0n) is 11.0. The maximum absolute atomic E-state index is 9.59. The van der Waals surface area contributed by atoms with Crippen molar-refractivity contribution in [2.24, 2.45) is 0 Å². The summed E-state index contributed by atoms with van der Waals surface area (Å²) in [4.78, 5) is 3.83. The third-order valence-electron chi connectivity index (χ3n) is 2.71. The Bertz CT molecular complexity index is 199. The lowest BCUT2D eigenvalue weighted by Gasteiger charge is -2.30. The smallest absolute Gasteiger partial charge is 0.0894 e. The minimum Gasteiger partial charge on any atom is -0.391 e. The molecule has 0 spiro atoms. The largest absolute Gasteiger partial charge is 0.391 e. The Hall–Kier alpha value is -1.00. The molecule has 0 saturated carbocycles. The molecule has 0 radical (unpaired) electrons. The van der Waals surface area contributed by atoms with Crippen molar-refractivity contribution in [1.29, 1.82) is 0 Å². The van der Waals surface area contributed by atoms with Gasteiger partial charge in [0.2, 0.25) is 0 Å². The number of hydrogen-bond donors (Lipinski definition) is 2. The van der Waals surface area contributed by atoms with Crippen molar-refractivity contribution in [1.82, 2.24) is 9.80 Å². The molecule has 0 aromatic carbocycles. The molecule has 0 saturated heterocycles. The molecule has 17 heavy (non-hydrogen) atoms. The van der Waals surface area contributed by atoms with Gasteiger partial charge in [-0.25, -0.2) is 0 Å². The van der Waals surface area contributed by atoms with Crippen LogP contribution in [0.25, 0.3) is 0 Å². The second kappa shape index (κ2) is 9.07. The van der Waals surface area contributed by atoms with E-state index < -0.39 is 0 Å². The second-order valence-corrected chi connectivity index (χ2v) is 4.17. The maximum atomic E-state index is 9.59. The predicted octanol–water partition coefficient (Wildman–Crippen LogP) is 1.38. The van der Waals surface area contributed by atoms with Gasteiger partial charge in [-0.2, -0.15) is 0 Å². The monoisotopic (exact) mass is 242 g/mol. The Kier molecular flexibility index (Phi) is 8.54. The van der Waals surface area contributed by atoms with E-state index in [0.717, 1.165) is 12.8 Å². The normalized spacial score (nSPS) is 13.9. The fourth-order valence-electron chi connectivity index (χ4n) is 1.41. The van der Waals surface area contributed by atoms with Gasteiger partial charge in [-0.3, -0.25) is 0 Å². The van der Waals surface area contributed by atoms with Crippen LogP contribution in [-0.2, 0) is 0 Å². The minimum atomic E-state index is -0.351. The Morgan fingerprint density at radius 3 is 1.53 bits per heavy atom. The van der Waals surface area contributed by atoms with Gasteiger partial charge in [0.25, 0.3) is 0 Å². The summed E-state index contributed by atoms with van der Waals surface area (Å²) in [6, 6.07) is 0. The van der Waals surface area contributed by atoms with Crippen molar-refractivity contribution in [2.45, 2.75) is 38.9 Å². The topological polar surface area (TPSA) is 46.9 Å². The van der Waals surface area contributed by atoms with Gasteiger partial charge in [-0.15, -0.1) is 0 Å². The Balaban J connectivity index is 4.21. The molecule has 0 aliphatic heterocycles. The first-order chi connectivity index (χ1) is 8.07. The first kappa shape index (κ1) is 16.0. The fourth-order valence-corrected chi connectivity index (χ4v) is 1.41. The minimum absolute atomic E-state index is 0.351. The van der Waals surface area contributed by atoms with E-state index in [1.807, 2.05) is 23.6 Å². The summed E-state index contributed by atoms with van der Waals surface area (Å²) in [5.74, 6) is 0. The zero-order valence-corrected chi connectivity index (χ0v) is 11.0. The summed E-state index contributed by atoms with van der Waals surface area (Å²) in [7, 11) is 0. The van der Waals surface area contributed by atoms with Gasteiger partial charge < -0.3 is 20.0 Å². The molecule has 0 amide bonds. The maximum Gasteiger partial charge on any atom is 0.0894 e. The van der Waals surface area contributed by atoms with Gasteiger partial charge in [-0.05, 0) is 25.2 Å². The first-order valence-corrected chi connectivity index (χ1v) is 6.16. The van der Waals surface area contributed by atoms with E-state index in [-0.39, 0.29) is 12.2 Å². The SMILES string of the molecule is C=CN(CC(O)CC)CN(C=C)CC(O)CC. The number of rotatable bonds is 10. The van der Waals surface area contributed by atoms with Crippen LogP contribution >= 0.6 is 0 Å². The van der Waals surface area contributed by atoms with Crippen molar-refractivity contribution in [3.05, 3.63) is 25.6 Å². The van der Waals surface area contributed by atoms with Crippen LogP contribution in [0.4, 0.5) is 0 Å². The Morgan fingerprint density at radius 1 is 0.941 bits per heavy atom. The lowest BCUT2D eigenvalue weighted by molar-refractivity contribution is 0.0837. The van der Waals surface area contributed by atoms with Crippen molar-refractivity contribution in [3.63, 3.8) is 0 Å². The molecule has 100 valence electrons. The number of aliphatic hydroxyl groups is 2. The highest BCUT2D eigenvalue weighted by Gasteiger charge is 2.11. The summed E-state index contributed by atoms with van der Waals surface area (Å²) >= 11 is 0. The van der Waals surface area contributed by atoms with E-state index in [4.69, 9.17) is 0 Å². The van der Waals surface area contributed by atoms with Crippen LogP contribution in [0.5, 0.6) is 0 Å². The summed E-state index contributed by atoms with van der Waals surface area (Å²) in [5.41, 5.74) is 0. The van der Waals surface area contributed by atoms with Gasteiger partial charge in [-0.1, -0.05) is 27.0 Å². The van der Waals surface area contributed by atoms with Crippen LogP contribution in [-0.4, -0.2) is 52.0 Å². The molecule has 2 N–H and O–H groups in total. The van der Waals surface area contributed by atoms with Crippen LogP contribution in [0.15, 0.2) is 25.6 Å². The van der Waals surface area contributed by atoms with Crippen LogP contribution in [0.2, 0.25) is 0 Å². The number of hydrogen-bond acceptors (Lipinski definition) is 4. The van der Waals surface area contributed by atoms with Crippen molar-refractivity contribution >= 4 is 0 Å². The standard InChI is InChI=1S/C13H26N2O2/c1-5-12(16)9-14(7-3)11-15(8-4)10-13(17)6-2/h7-8,12-13,16-17H,3-6,9-11H2,1-2H3. The van der Waals surface area contributed by atoms with E-state index in [2.05, 4.69) is 13.2 Å². The summed E-state index contributed by atoms with van der Waals surface area (Å²) in [6.45, 7) is 13.0. The first-order valence-electron chi connectivity index (χ1n) is 6.16. The van der Waals surface area contributed by atoms with Crippen molar-refractivity contribution in [2.75, 3.05) is 19.8 Å².